The van der Waals surface area contributed by atoms with E-state index in [1.165, 1.54) is 12.8 Å². The molecule has 0 aromatic heterocycles. The number of carbonyl (C=O) groups excluding carboxylic acids is 1. The molecule has 1 heterocycles. The van der Waals surface area contributed by atoms with E-state index in [9.17, 15) is 4.79 Å². The third-order valence-corrected chi connectivity index (χ3v) is 6.33. The molecule has 1 saturated heterocycles. The van der Waals surface area contributed by atoms with Gasteiger partial charge in [0.05, 0.1) is 13.2 Å². The largest absolute Gasteiger partial charge is 0.493 e. The Morgan fingerprint density at radius 3 is 2.66 bits per heavy atom. The van der Waals surface area contributed by atoms with Gasteiger partial charge in [-0.25, -0.2) is 0 Å². The molecular formula is C24H39IN4O3. The Bertz CT molecular complexity index is 753. The standard InChI is InChI=1S/C24H38N4O3.HI/c1-4-19(28-16-8-13-22(28)29)14-15-26-24(25-2)27-17-18-9-7-12-21(30-3)23(18)31-20-10-5-6-11-20;/h7,9,12,19-20H,4-6,8,10-11,13-17H2,1-3H3,(H2,25,26,27);1H. The number of hydrogen-bond acceptors (Lipinski definition) is 4. The number of likely N-dealkylation sites (tertiary alicyclic amines) is 1. The number of carbonyl (C=O) groups is 1. The number of rotatable bonds is 10. The van der Waals surface area contributed by atoms with Crippen molar-refractivity contribution in [1.82, 2.24) is 15.5 Å². The average molecular weight is 559 g/mol. The van der Waals surface area contributed by atoms with Crippen LogP contribution < -0.4 is 20.1 Å². The third kappa shape index (κ3) is 7.15. The molecule has 0 spiro atoms. The minimum Gasteiger partial charge on any atom is -0.493 e. The molecule has 1 aromatic rings. The molecule has 2 fully saturated rings. The van der Waals surface area contributed by atoms with Crippen LogP contribution in [0.25, 0.3) is 0 Å². The molecule has 7 nitrogen and oxygen atoms in total. The lowest BCUT2D eigenvalue weighted by Gasteiger charge is -2.27. The van der Waals surface area contributed by atoms with Crippen molar-refractivity contribution in [2.45, 2.75) is 77.0 Å². The number of ether oxygens (including phenoxy) is 2. The van der Waals surface area contributed by atoms with E-state index in [0.29, 0.717) is 24.9 Å². The first-order chi connectivity index (χ1) is 15.2. The number of nitrogens with zero attached hydrogens (tertiary/aromatic N) is 2. The van der Waals surface area contributed by atoms with E-state index in [1.54, 1.807) is 14.2 Å². The lowest BCUT2D eigenvalue weighted by molar-refractivity contribution is -0.129. The average Bonchev–Trinajstić information content (AvgIpc) is 3.46. The molecule has 1 amide bonds. The van der Waals surface area contributed by atoms with Crippen molar-refractivity contribution in [2.75, 3.05) is 27.2 Å². The lowest BCUT2D eigenvalue weighted by atomic mass is 10.1. The molecule has 1 saturated carbocycles. The Morgan fingerprint density at radius 2 is 2.03 bits per heavy atom. The Kier molecular flexibility index (Phi) is 11.4. The Hall–Kier alpha value is -1.71. The Morgan fingerprint density at radius 1 is 1.25 bits per heavy atom. The third-order valence-electron chi connectivity index (χ3n) is 6.33. The van der Waals surface area contributed by atoms with Gasteiger partial charge >= 0.3 is 0 Å². The number of aliphatic imine (C=N–C) groups is 1. The first kappa shape index (κ1) is 26.5. The predicted octanol–water partition coefficient (Wildman–Crippen LogP) is 4.09. The van der Waals surface area contributed by atoms with Gasteiger partial charge < -0.3 is 25.0 Å². The zero-order valence-electron chi connectivity index (χ0n) is 19.7. The van der Waals surface area contributed by atoms with Gasteiger partial charge in [-0.15, -0.1) is 24.0 Å². The highest BCUT2D eigenvalue weighted by atomic mass is 127. The summed E-state index contributed by atoms with van der Waals surface area (Å²) in [6.07, 6.45) is 8.50. The number of halogens is 1. The van der Waals surface area contributed by atoms with Crippen LogP contribution in [0.4, 0.5) is 0 Å². The molecular weight excluding hydrogens is 519 g/mol. The van der Waals surface area contributed by atoms with Gasteiger partial charge in [-0.2, -0.15) is 0 Å². The van der Waals surface area contributed by atoms with Crippen molar-refractivity contribution in [3.05, 3.63) is 23.8 Å². The molecule has 180 valence electrons. The zero-order valence-corrected chi connectivity index (χ0v) is 22.0. The Balaban J connectivity index is 0.00000363. The van der Waals surface area contributed by atoms with Gasteiger partial charge in [0.25, 0.3) is 0 Å². The molecule has 1 aliphatic carbocycles. The second-order valence-electron chi connectivity index (χ2n) is 8.37. The fourth-order valence-electron chi connectivity index (χ4n) is 4.56. The number of benzene rings is 1. The molecule has 1 unspecified atom stereocenters. The van der Waals surface area contributed by atoms with Crippen LogP contribution in [-0.2, 0) is 11.3 Å². The molecule has 1 aliphatic heterocycles. The highest BCUT2D eigenvalue weighted by Gasteiger charge is 2.26. The van der Waals surface area contributed by atoms with Crippen molar-refractivity contribution >= 4 is 35.8 Å². The van der Waals surface area contributed by atoms with Gasteiger partial charge in [-0.3, -0.25) is 9.79 Å². The predicted molar refractivity (Wildman–Crippen MR) is 139 cm³/mol. The molecule has 1 atom stereocenters. The lowest BCUT2D eigenvalue weighted by Crippen LogP contribution is -2.41. The first-order valence-corrected chi connectivity index (χ1v) is 11.7. The van der Waals surface area contributed by atoms with Crippen LogP contribution in [0.5, 0.6) is 11.5 Å². The quantitative estimate of drug-likeness (QED) is 0.257. The van der Waals surface area contributed by atoms with Gasteiger partial charge in [0.1, 0.15) is 0 Å². The van der Waals surface area contributed by atoms with E-state index in [-0.39, 0.29) is 30.1 Å². The van der Waals surface area contributed by atoms with Crippen molar-refractivity contribution in [3.8, 4) is 11.5 Å². The number of guanidine groups is 1. The summed E-state index contributed by atoms with van der Waals surface area (Å²) in [5.41, 5.74) is 1.06. The summed E-state index contributed by atoms with van der Waals surface area (Å²) in [6.45, 7) is 4.41. The maximum Gasteiger partial charge on any atom is 0.222 e. The molecule has 8 heteroatoms. The van der Waals surface area contributed by atoms with Gasteiger partial charge in [-0.1, -0.05) is 19.1 Å². The van der Waals surface area contributed by atoms with E-state index < -0.39 is 0 Å². The van der Waals surface area contributed by atoms with Crippen LogP contribution >= 0.6 is 24.0 Å². The summed E-state index contributed by atoms with van der Waals surface area (Å²) in [6, 6.07) is 6.31. The number of amides is 1. The van der Waals surface area contributed by atoms with E-state index in [1.807, 2.05) is 17.0 Å². The van der Waals surface area contributed by atoms with E-state index >= 15 is 0 Å². The Labute approximate surface area is 209 Å². The summed E-state index contributed by atoms with van der Waals surface area (Å²) in [7, 11) is 3.46. The van der Waals surface area contributed by atoms with Crippen molar-refractivity contribution in [3.63, 3.8) is 0 Å². The van der Waals surface area contributed by atoms with E-state index in [4.69, 9.17) is 9.47 Å². The number of methoxy groups -OCH3 is 1. The normalized spacial score (nSPS) is 17.8. The topological polar surface area (TPSA) is 75.2 Å². The van der Waals surface area contributed by atoms with Crippen LogP contribution in [-0.4, -0.2) is 56.2 Å². The molecule has 3 rings (SSSR count). The summed E-state index contributed by atoms with van der Waals surface area (Å²) in [4.78, 5) is 18.4. The fraction of sp³-hybridized carbons (Fsp3) is 0.667. The SMILES string of the molecule is CCC(CCNC(=NC)NCc1cccc(OC)c1OC1CCCC1)N1CCCC1=O.I. The molecule has 2 aliphatic rings. The summed E-state index contributed by atoms with van der Waals surface area (Å²) in [5, 5.41) is 6.79. The zero-order chi connectivity index (χ0) is 22.1. The van der Waals surface area contributed by atoms with Crippen LogP contribution in [0.3, 0.4) is 0 Å². The molecule has 0 radical (unpaired) electrons. The second-order valence-corrected chi connectivity index (χ2v) is 8.37. The number of nitrogens with one attached hydrogen (secondary N) is 2. The number of hydrogen-bond donors (Lipinski definition) is 2. The van der Waals surface area contributed by atoms with Crippen LogP contribution in [0.2, 0.25) is 0 Å². The van der Waals surface area contributed by atoms with Crippen LogP contribution in [0.15, 0.2) is 23.2 Å². The maximum atomic E-state index is 12.0. The molecule has 1 aromatic carbocycles. The highest BCUT2D eigenvalue weighted by Crippen LogP contribution is 2.34. The minimum absolute atomic E-state index is 0. The van der Waals surface area contributed by atoms with Crippen LogP contribution in [0.1, 0.15) is 63.9 Å². The van der Waals surface area contributed by atoms with Gasteiger partial charge in [0.2, 0.25) is 5.91 Å². The summed E-state index contributed by atoms with van der Waals surface area (Å²) < 4.78 is 11.9. The smallest absolute Gasteiger partial charge is 0.222 e. The second kappa shape index (κ2) is 13.7. The molecule has 2 N–H and O–H groups in total. The monoisotopic (exact) mass is 558 g/mol. The van der Waals surface area contributed by atoms with Crippen molar-refractivity contribution in [1.29, 1.82) is 0 Å². The number of para-hydroxylation sites is 1. The van der Waals surface area contributed by atoms with Crippen molar-refractivity contribution in [2.24, 2.45) is 4.99 Å². The van der Waals surface area contributed by atoms with Gasteiger partial charge in [0, 0.05) is 44.7 Å². The minimum atomic E-state index is 0. The summed E-state index contributed by atoms with van der Waals surface area (Å²) >= 11 is 0. The highest BCUT2D eigenvalue weighted by molar-refractivity contribution is 14.0. The first-order valence-electron chi connectivity index (χ1n) is 11.7. The van der Waals surface area contributed by atoms with Gasteiger partial charge in [0.15, 0.2) is 17.5 Å². The van der Waals surface area contributed by atoms with Gasteiger partial charge in [-0.05, 0) is 51.0 Å². The fourth-order valence-corrected chi connectivity index (χ4v) is 4.56. The van der Waals surface area contributed by atoms with Crippen LogP contribution in [0, 0.1) is 0 Å². The molecule has 0 bridgehead atoms. The molecule has 32 heavy (non-hydrogen) atoms. The van der Waals surface area contributed by atoms with E-state index in [2.05, 4.69) is 28.6 Å². The van der Waals surface area contributed by atoms with E-state index in [0.717, 1.165) is 68.2 Å². The summed E-state index contributed by atoms with van der Waals surface area (Å²) in [5.74, 6) is 2.65. The van der Waals surface area contributed by atoms with Crippen molar-refractivity contribution < 1.29 is 14.3 Å². The maximum absolute atomic E-state index is 12.0.